The average Bonchev–Trinajstić information content (AvgIpc) is 3.19. The van der Waals surface area contributed by atoms with E-state index in [-0.39, 0.29) is 11.8 Å². The molecule has 0 aliphatic carbocycles. The molecule has 0 aromatic heterocycles. The van der Waals surface area contributed by atoms with Crippen molar-refractivity contribution in [2.45, 2.75) is 19.4 Å². The van der Waals surface area contributed by atoms with Crippen molar-refractivity contribution >= 4 is 23.1 Å². The first-order chi connectivity index (χ1) is 14.4. The molecule has 6 heteroatoms. The van der Waals surface area contributed by atoms with E-state index in [0.717, 1.165) is 16.7 Å². The van der Waals surface area contributed by atoms with E-state index < -0.39 is 6.04 Å². The van der Waals surface area contributed by atoms with Crippen LogP contribution in [0.3, 0.4) is 0 Å². The van der Waals surface area contributed by atoms with Gasteiger partial charge < -0.3 is 19.3 Å². The zero-order valence-corrected chi connectivity index (χ0v) is 17.8. The van der Waals surface area contributed by atoms with Crippen LogP contribution in [0.25, 0.3) is 5.57 Å². The molecule has 0 saturated carbocycles. The van der Waals surface area contributed by atoms with Crippen LogP contribution >= 0.6 is 0 Å². The number of carbonyl (C=O) groups excluding carboxylic acids is 2. The molecule has 0 fully saturated rings. The highest BCUT2D eigenvalue weighted by molar-refractivity contribution is 6.13. The Morgan fingerprint density at radius 2 is 1.83 bits per heavy atom. The predicted octanol–water partition coefficient (Wildman–Crippen LogP) is 3.08. The number of rotatable bonds is 5. The van der Waals surface area contributed by atoms with E-state index in [0.29, 0.717) is 36.6 Å². The molecule has 4 rings (SSSR count). The summed E-state index contributed by atoms with van der Waals surface area (Å²) in [4.78, 5) is 30.0. The monoisotopic (exact) mass is 406 g/mol. The van der Waals surface area contributed by atoms with Crippen molar-refractivity contribution in [1.82, 2.24) is 4.90 Å². The number of anilines is 1. The van der Waals surface area contributed by atoms with Crippen molar-refractivity contribution in [3.63, 3.8) is 0 Å². The van der Waals surface area contributed by atoms with Crippen LogP contribution in [0.1, 0.15) is 27.0 Å². The highest BCUT2D eigenvalue weighted by Gasteiger charge is 2.41. The van der Waals surface area contributed by atoms with Crippen molar-refractivity contribution in [3.05, 3.63) is 64.7 Å². The van der Waals surface area contributed by atoms with Gasteiger partial charge in [0.25, 0.3) is 11.8 Å². The van der Waals surface area contributed by atoms with E-state index >= 15 is 0 Å². The summed E-state index contributed by atoms with van der Waals surface area (Å²) in [5, 5.41) is 0. The summed E-state index contributed by atoms with van der Waals surface area (Å²) < 4.78 is 10.7. The number of amides is 2. The molecule has 2 aliphatic rings. The average molecular weight is 406 g/mol. The standard InChI is InChI=1S/C24H26N2O4/c1-15-5-7-16(8-6-15)18-12-21-24(28)25(2)20-11-17(9-10-29-3)22(30-4)13-19(20)23(27)26(21)14-18/h5-8,11-13,21H,9-10,14H2,1-4H3/t21-/m1/s1. The Balaban J connectivity index is 1.74. The molecular formula is C24H26N2O4. The first kappa shape index (κ1) is 20.2. The van der Waals surface area contributed by atoms with Gasteiger partial charge >= 0.3 is 0 Å². The fraction of sp³-hybridized carbons (Fsp3) is 0.333. The maximum absolute atomic E-state index is 13.5. The minimum atomic E-state index is -0.611. The van der Waals surface area contributed by atoms with Crippen LogP contribution in [0.4, 0.5) is 5.69 Å². The number of hydrogen-bond acceptors (Lipinski definition) is 4. The Hall–Kier alpha value is -3.12. The van der Waals surface area contributed by atoms with Crippen molar-refractivity contribution < 1.29 is 19.1 Å². The van der Waals surface area contributed by atoms with Gasteiger partial charge in [-0.05, 0) is 48.3 Å². The highest BCUT2D eigenvalue weighted by Crippen LogP contribution is 2.37. The van der Waals surface area contributed by atoms with Crippen LogP contribution in [0.15, 0.2) is 42.5 Å². The number of ether oxygens (including phenoxy) is 2. The summed E-state index contributed by atoms with van der Waals surface area (Å²) in [6.45, 7) is 2.96. The van der Waals surface area contributed by atoms with Crippen molar-refractivity contribution in [3.8, 4) is 5.75 Å². The fourth-order valence-corrected chi connectivity index (χ4v) is 4.10. The smallest absolute Gasteiger partial charge is 0.257 e. The van der Waals surface area contributed by atoms with Gasteiger partial charge in [0.2, 0.25) is 0 Å². The summed E-state index contributed by atoms with van der Waals surface area (Å²) in [6.07, 6.45) is 2.55. The number of carbonyl (C=O) groups is 2. The van der Waals surface area contributed by atoms with Gasteiger partial charge in [-0.15, -0.1) is 0 Å². The van der Waals surface area contributed by atoms with Crippen LogP contribution in [0.2, 0.25) is 0 Å². The predicted molar refractivity (Wildman–Crippen MR) is 116 cm³/mol. The summed E-state index contributed by atoms with van der Waals surface area (Å²) in [5.41, 5.74) is 5.18. The summed E-state index contributed by atoms with van der Waals surface area (Å²) in [7, 11) is 4.95. The second-order valence-electron chi connectivity index (χ2n) is 7.76. The van der Waals surface area contributed by atoms with E-state index in [1.165, 1.54) is 5.56 Å². The lowest BCUT2D eigenvalue weighted by Gasteiger charge is -2.22. The summed E-state index contributed by atoms with van der Waals surface area (Å²) >= 11 is 0. The molecule has 0 unspecified atom stereocenters. The SMILES string of the molecule is COCCc1cc2c(cc1OC)C(=O)N1CC(c3ccc(C)cc3)=C[C@@H]1C(=O)N2C. The molecule has 0 N–H and O–H groups in total. The lowest BCUT2D eigenvalue weighted by atomic mass is 10.0. The van der Waals surface area contributed by atoms with Crippen LogP contribution in [-0.2, 0) is 16.0 Å². The molecule has 0 spiro atoms. The molecule has 6 nitrogen and oxygen atoms in total. The van der Waals surface area contributed by atoms with Gasteiger partial charge in [0.15, 0.2) is 0 Å². The Morgan fingerprint density at radius 1 is 1.10 bits per heavy atom. The summed E-state index contributed by atoms with van der Waals surface area (Å²) in [6, 6.07) is 11.2. The van der Waals surface area contributed by atoms with Crippen molar-refractivity contribution in [2.75, 3.05) is 39.3 Å². The summed E-state index contributed by atoms with van der Waals surface area (Å²) in [5.74, 6) is 0.346. The molecule has 0 saturated heterocycles. The largest absolute Gasteiger partial charge is 0.496 e. The second-order valence-corrected chi connectivity index (χ2v) is 7.76. The number of methoxy groups -OCH3 is 2. The van der Waals surface area contributed by atoms with Crippen LogP contribution < -0.4 is 9.64 Å². The molecule has 2 amide bonds. The quantitative estimate of drug-likeness (QED) is 0.766. The minimum absolute atomic E-state index is 0.118. The Bertz CT molecular complexity index is 1030. The van der Waals surface area contributed by atoms with Crippen molar-refractivity contribution in [1.29, 1.82) is 0 Å². The lowest BCUT2D eigenvalue weighted by molar-refractivity contribution is -0.120. The molecule has 2 aliphatic heterocycles. The molecule has 2 aromatic rings. The molecule has 30 heavy (non-hydrogen) atoms. The normalized spacial score (nSPS) is 18.1. The third kappa shape index (κ3) is 3.37. The van der Waals surface area contributed by atoms with E-state index in [1.54, 1.807) is 37.1 Å². The first-order valence-electron chi connectivity index (χ1n) is 10.0. The Morgan fingerprint density at radius 3 is 2.50 bits per heavy atom. The third-order valence-electron chi connectivity index (χ3n) is 5.87. The number of hydrogen-bond donors (Lipinski definition) is 0. The highest BCUT2D eigenvalue weighted by atomic mass is 16.5. The Kier molecular flexibility index (Phi) is 5.35. The first-order valence-corrected chi connectivity index (χ1v) is 10.0. The van der Waals surface area contributed by atoms with E-state index in [2.05, 4.69) is 0 Å². The van der Waals surface area contributed by atoms with Crippen LogP contribution in [0, 0.1) is 6.92 Å². The lowest BCUT2D eigenvalue weighted by Crippen LogP contribution is -2.43. The molecule has 1 atom stereocenters. The van der Waals surface area contributed by atoms with Crippen molar-refractivity contribution in [2.24, 2.45) is 0 Å². The maximum Gasteiger partial charge on any atom is 0.257 e. The molecule has 0 radical (unpaired) electrons. The van der Waals surface area contributed by atoms with Gasteiger partial charge in [0.05, 0.1) is 25.0 Å². The van der Waals surface area contributed by atoms with Crippen LogP contribution in [0.5, 0.6) is 5.75 Å². The van der Waals surface area contributed by atoms with Gasteiger partial charge in [-0.1, -0.05) is 29.8 Å². The number of aryl methyl sites for hydroxylation is 1. The van der Waals surface area contributed by atoms with Gasteiger partial charge in [-0.25, -0.2) is 0 Å². The number of nitrogens with zero attached hydrogens (tertiary/aromatic N) is 2. The molecule has 2 heterocycles. The molecule has 0 bridgehead atoms. The number of benzene rings is 2. The maximum atomic E-state index is 13.5. The second kappa shape index (κ2) is 7.95. The number of likely N-dealkylation sites (N-methyl/N-ethyl adjacent to an activating group) is 1. The fourth-order valence-electron chi connectivity index (χ4n) is 4.10. The van der Waals surface area contributed by atoms with E-state index in [4.69, 9.17) is 9.47 Å². The number of fused-ring (bicyclic) bond motifs is 2. The molecular weight excluding hydrogens is 380 g/mol. The zero-order valence-electron chi connectivity index (χ0n) is 17.8. The molecule has 156 valence electrons. The van der Waals surface area contributed by atoms with Crippen LogP contribution in [-0.4, -0.2) is 57.2 Å². The van der Waals surface area contributed by atoms with E-state index in [1.807, 2.05) is 43.3 Å². The minimum Gasteiger partial charge on any atom is -0.496 e. The molecule has 2 aromatic carbocycles. The topological polar surface area (TPSA) is 59.1 Å². The third-order valence-corrected chi connectivity index (χ3v) is 5.87. The zero-order chi connectivity index (χ0) is 21.4. The van der Waals surface area contributed by atoms with E-state index in [9.17, 15) is 9.59 Å². The van der Waals surface area contributed by atoms with Gasteiger partial charge in [0.1, 0.15) is 11.8 Å². The van der Waals surface area contributed by atoms with Gasteiger partial charge in [-0.3, -0.25) is 9.59 Å². The van der Waals surface area contributed by atoms with Gasteiger partial charge in [-0.2, -0.15) is 0 Å². The Labute approximate surface area is 176 Å². The van der Waals surface area contributed by atoms with Gasteiger partial charge in [0, 0.05) is 20.7 Å².